The monoisotopic (exact) mass is 541 g/mol. The van der Waals surface area contributed by atoms with Crippen LogP contribution in [-0.4, -0.2) is 46.5 Å². The zero-order chi connectivity index (χ0) is 27.5. The predicted molar refractivity (Wildman–Crippen MR) is 131 cm³/mol. The van der Waals surface area contributed by atoms with Gasteiger partial charge in [-0.15, -0.1) is 0 Å². The van der Waals surface area contributed by atoms with Crippen molar-refractivity contribution < 1.29 is 32.2 Å². The van der Waals surface area contributed by atoms with Crippen molar-refractivity contribution in [2.24, 2.45) is 0 Å². The number of benzene rings is 1. The first-order valence-corrected chi connectivity index (χ1v) is 11.6. The second kappa shape index (κ2) is 11.0. The van der Waals surface area contributed by atoms with Crippen LogP contribution in [0, 0.1) is 0 Å². The SMILES string of the molecule is COCCC(C(=O)OC(C)(C)C)n1cc(OC)c(-c2cc(Cl)ccc2-n2cnc(C(F)(F)F)c2)cc1=O. The summed E-state index contributed by atoms with van der Waals surface area (Å²) in [6.07, 6.45) is -1.25. The topological polar surface area (TPSA) is 84.6 Å². The summed E-state index contributed by atoms with van der Waals surface area (Å²) in [5.74, 6) is -0.437. The van der Waals surface area contributed by atoms with Gasteiger partial charge in [-0.3, -0.25) is 9.36 Å². The van der Waals surface area contributed by atoms with Crippen molar-refractivity contribution in [1.82, 2.24) is 14.1 Å². The van der Waals surface area contributed by atoms with Gasteiger partial charge in [-0.05, 0) is 39.0 Å². The van der Waals surface area contributed by atoms with Crippen LogP contribution in [0.5, 0.6) is 5.75 Å². The van der Waals surface area contributed by atoms with Gasteiger partial charge in [-0.1, -0.05) is 11.6 Å². The van der Waals surface area contributed by atoms with Gasteiger partial charge in [0, 0.05) is 48.6 Å². The summed E-state index contributed by atoms with van der Waals surface area (Å²) in [4.78, 5) is 29.7. The molecule has 0 bridgehead atoms. The Morgan fingerprint density at radius 1 is 1.11 bits per heavy atom. The third-order valence-corrected chi connectivity index (χ3v) is 5.51. The van der Waals surface area contributed by atoms with Crippen LogP contribution in [0.2, 0.25) is 5.02 Å². The number of hydrogen-bond acceptors (Lipinski definition) is 6. The minimum absolute atomic E-state index is 0.158. The van der Waals surface area contributed by atoms with E-state index in [2.05, 4.69) is 4.98 Å². The fourth-order valence-electron chi connectivity index (χ4n) is 3.67. The second-order valence-electron chi connectivity index (χ2n) is 9.16. The number of pyridine rings is 1. The molecule has 0 amide bonds. The molecule has 3 rings (SSSR count). The Hall–Kier alpha value is -3.31. The number of ether oxygens (including phenoxy) is 3. The Kier molecular flexibility index (Phi) is 8.38. The van der Waals surface area contributed by atoms with E-state index in [1.165, 1.54) is 53.8 Å². The highest BCUT2D eigenvalue weighted by molar-refractivity contribution is 6.31. The first-order valence-electron chi connectivity index (χ1n) is 11.2. The number of alkyl halides is 3. The summed E-state index contributed by atoms with van der Waals surface area (Å²) in [6, 6.07) is 4.75. The number of aromatic nitrogens is 3. The number of carbonyl (C=O) groups excluding carboxylic acids is 1. The van der Waals surface area contributed by atoms with Crippen LogP contribution in [0.3, 0.4) is 0 Å². The van der Waals surface area contributed by atoms with Crippen molar-refractivity contribution in [2.45, 2.75) is 45.0 Å². The van der Waals surface area contributed by atoms with E-state index >= 15 is 0 Å². The molecule has 0 N–H and O–H groups in total. The molecular weight excluding hydrogens is 515 g/mol. The predicted octanol–water partition coefficient (Wildman–Crippen LogP) is 5.30. The standard InChI is InChI=1S/C25H27ClF3N3O5/c1-24(2,3)37-23(34)19(8-9-35-4)32-12-20(36-5)17(11-22(32)33)16-10-15(26)6-7-18(16)31-13-21(30-14-31)25(27,28)29/h6-7,10-14,19H,8-9H2,1-5H3. The third-order valence-electron chi connectivity index (χ3n) is 5.27. The Morgan fingerprint density at radius 3 is 2.38 bits per heavy atom. The first-order chi connectivity index (χ1) is 17.2. The number of hydrogen-bond donors (Lipinski definition) is 0. The number of methoxy groups -OCH3 is 2. The summed E-state index contributed by atoms with van der Waals surface area (Å²) in [5, 5.41) is 0.285. The van der Waals surface area contributed by atoms with Crippen LogP contribution < -0.4 is 10.3 Å². The van der Waals surface area contributed by atoms with Crippen LogP contribution in [-0.2, 0) is 20.4 Å². The van der Waals surface area contributed by atoms with E-state index in [-0.39, 0.29) is 35.1 Å². The maximum atomic E-state index is 13.3. The van der Waals surface area contributed by atoms with Crippen molar-refractivity contribution in [2.75, 3.05) is 20.8 Å². The molecule has 0 aliphatic rings. The van der Waals surface area contributed by atoms with E-state index in [1.54, 1.807) is 20.8 Å². The molecule has 2 heterocycles. The molecule has 3 aromatic rings. The summed E-state index contributed by atoms with van der Waals surface area (Å²) in [7, 11) is 2.84. The molecule has 0 radical (unpaired) electrons. The van der Waals surface area contributed by atoms with E-state index in [4.69, 9.17) is 25.8 Å². The molecule has 37 heavy (non-hydrogen) atoms. The van der Waals surface area contributed by atoms with Gasteiger partial charge >= 0.3 is 12.1 Å². The Balaban J connectivity index is 2.16. The number of nitrogens with zero attached hydrogens (tertiary/aromatic N) is 3. The lowest BCUT2D eigenvalue weighted by atomic mass is 10.0. The molecule has 0 saturated heterocycles. The Bertz CT molecular complexity index is 1330. The fraction of sp³-hybridized carbons (Fsp3) is 0.400. The largest absolute Gasteiger partial charge is 0.495 e. The summed E-state index contributed by atoms with van der Waals surface area (Å²) < 4.78 is 58.0. The Morgan fingerprint density at radius 2 is 1.81 bits per heavy atom. The molecule has 0 saturated carbocycles. The number of carbonyl (C=O) groups is 1. The molecule has 0 spiro atoms. The van der Waals surface area contributed by atoms with E-state index < -0.39 is 35.0 Å². The molecule has 0 aliphatic carbocycles. The van der Waals surface area contributed by atoms with E-state index in [0.717, 1.165) is 12.5 Å². The van der Waals surface area contributed by atoms with Gasteiger partial charge in [0.1, 0.15) is 17.4 Å². The van der Waals surface area contributed by atoms with Gasteiger partial charge in [0.15, 0.2) is 5.69 Å². The van der Waals surface area contributed by atoms with Gasteiger partial charge < -0.3 is 18.8 Å². The highest BCUT2D eigenvalue weighted by Gasteiger charge is 2.34. The van der Waals surface area contributed by atoms with Crippen molar-refractivity contribution in [3.05, 3.63) is 64.1 Å². The zero-order valence-corrected chi connectivity index (χ0v) is 21.7. The van der Waals surface area contributed by atoms with Crippen molar-refractivity contribution in [1.29, 1.82) is 0 Å². The number of esters is 1. The van der Waals surface area contributed by atoms with Crippen LogP contribution in [0.25, 0.3) is 16.8 Å². The van der Waals surface area contributed by atoms with Gasteiger partial charge in [-0.2, -0.15) is 13.2 Å². The van der Waals surface area contributed by atoms with E-state index in [9.17, 15) is 22.8 Å². The fourth-order valence-corrected chi connectivity index (χ4v) is 3.84. The molecule has 1 unspecified atom stereocenters. The molecule has 1 atom stereocenters. The molecule has 0 fully saturated rings. The van der Waals surface area contributed by atoms with Crippen LogP contribution in [0.4, 0.5) is 13.2 Å². The van der Waals surface area contributed by atoms with E-state index in [0.29, 0.717) is 5.56 Å². The second-order valence-corrected chi connectivity index (χ2v) is 9.59. The summed E-state index contributed by atoms with van der Waals surface area (Å²) in [5.41, 5.74) is -1.55. The normalized spacial score (nSPS) is 12.9. The van der Waals surface area contributed by atoms with Crippen molar-refractivity contribution in [3.8, 4) is 22.6 Å². The average molecular weight is 542 g/mol. The van der Waals surface area contributed by atoms with Crippen LogP contribution in [0.1, 0.15) is 38.9 Å². The minimum atomic E-state index is -4.63. The molecule has 0 aliphatic heterocycles. The lowest BCUT2D eigenvalue weighted by molar-refractivity contribution is -0.159. The lowest BCUT2D eigenvalue weighted by Gasteiger charge is -2.25. The van der Waals surface area contributed by atoms with Gasteiger partial charge in [0.25, 0.3) is 5.56 Å². The van der Waals surface area contributed by atoms with Gasteiger partial charge in [-0.25, -0.2) is 9.78 Å². The smallest absolute Gasteiger partial charge is 0.434 e. The number of imidazole rings is 1. The number of rotatable bonds is 8. The molecule has 1 aromatic carbocycles. The lowest BCUT2D eigenvalue weighted by Crippen LogP contribution is -2.35. The summed E-state index contributed by atoms with van der Waals surface area (Å²) in [6.45, 7) is 5.32. The summed E-state index contributed by atoms with van der Waals surface area (Å²) >= 11 is 6.21. The minimum Gasteiger partial charge on any atom is -0.495 e. The maximum absolute atomic E-state index is 13.3. The molecule has 200 valence electrons. The Labute approximate surface area is 216 Å². The number of halogens is 4. The average Bonchev–Trinajstić information content (AvgIpc) is 3.29. The highest BCUT2D eigenvalue weighted by Crippen LogP contribution is 2.37. The van der Waals surface area contributed by atoms with Gasteiger partial charge in [0.05, 0.1) is 25.3 Å². The quantitative estimate of drug-likeness (QED) is 0.360. The van der Waals surface area contributed by atoms with Crippen LogP contribution in [0.15, 0.2) is 47.8 Å². The van der Waals surface area contributed by atoms with E-state index in [1.807, 2.05) is 0 Å². The third kappa shape index (κ3) is 6.72. The molecule has 12 heteroatoms. The molecule has 2 aromatic heterocycles. The zero-order valence-electron chi connectivity index (χ0n) is 20.9. The van der Waals surface area contributed by atoms with Crippen molar-refractivity contribution >= 4 is 17.6 Å². The van der Waals surface area contributed by atoms with Gasteiger partial charge in [0.2, 0.25) is 0 Å². The highest BCUT2D eigenvalue weighted by atomic mass is 35.5. The first kappa shape index (κ1) is 28.3. The molecule has 8 nitrogen and oxygen atoms in total. The van der Waals surface area contributed by atoms with Crippen molar-refractivity contribution in [3.63, 3.8) is 0 Å². The maximum Gasteiger partial charge on any atom is 0.434 e. The molecular formula is C25H27ClF3N3O5. The van der Waals surface area contributed by atoms with Crippen LogP contribution >= 0.6 is 11.6 Å².